The number of hydrogen-bond donors (Lipinski definition) is 3. The van der Waals surface area contributed by atoms with E-state index in [1.54, 1.807) is 0 Å². The van der Waals surface area contributed by atoms with Crippen molar-refractivity contribution in [3.63, 3.8) is 0 Å². The molecule has 6 heteroatoms. The third-order valence-electron chi connectivity index (χ3n) is 2.32. The van der Waals surface area contributed by atoms with Gasteiger partial charge in [-0.2, -0.15) is 0 Å². The van der Waals surface area contributed by atoms with Gasteiger partial charge in [0.25, 0.3) is 0 Å². The van der Waals surface area contributed by atoms with Crippen molar-refractivity contribution in [3.05, 3.63) is 24.0 Å². The van der Waals surface area contributed by atoms with E-state index in [0.29, 0.717) is 12.1 Å². The summed E-state index contributed by atoms with van der Waals surface area (Å²) in [6.45, 7) is 0.461. The number of aliphatic hydroxyl groups is 1. The quantitative estimate of drug-likeness (QED) is 0.628. The molecule has 100 valence electrons. The van der Waals surface area contributed by atoms with Crippen LogP contribution in [0.25, 0.3) is 0 Å². The van der Waals surface area contributed by atoms with Crippen molar-refractivity contribution in [3.8, 4) is 5.75 Å². The second-order valence-corrected chi connectivity index (χ2v) is 4.44. The monoisotopic (exact) mass is 253 g/mol. The average molecular weight is 253 g/mol. The maximum absolute atomic E-state index is 11.7. The Balaban J connectivity index is 2.50. The molecule has 18 heavy (non-hydrogen) atoms. The summed E-state index contributed by atoms with van der Waals surface area (Å²) < 4.78 is 0. The predicted octanol–water partition coefficient (Wildman–Crippen LogP) is -0.632. The van der Waals surface area contributed by atoms with Gasteiger partial charge in [0.1, 0.15) is 5.75 Å². The summed E-state index contributed by atoms with van der Waals surface area (Å²) in [5, 5.41) is 21.1. The minimum atomic E-state index is -0.294. The number of carbonyl (C=O) groups excluding carboxylic acids is 1. The number of pyridine rings is 1. The Morgan fingerprint density at radius 1 is 1.50 bits per heavy atom. The molecule has 1 heterocycles. The molecule has 0 radical (unpaired) electrons. The number of hydrogen-bond acceptors (Lipinski definition) is 5. The first kappa shape index (κ1) is 14.4. The number of rotatable bonds is 6. The zero-order valence-corrected chi connectivity index (χ0v) is 10.6. The Bertz CT molecular complexity index is 396. The van der Waals surface area contributed by atoms with E-state index in [0.717, 1.165) is 0 Å². The summed E-state index contributed by atoms with van der Waals surface area (Å²) in [5.74, 6) is -0.171. The zero-order chi connectivity index (χ0) is 13.5. The number of amides is 1. The molecule has 1 amide bonds. The summed E-state index contributed by atoms with van der Waals surface area (Å²) in [7, 11) is 3.74. The van der Waals surface area contributed by atoms with Gasteiger partial charge in [0, 0.05) is 12.7 Å². The van der Waals surface area contributed by atoms with E-state index in [1.807, 2.05) is 19.0 Å². The van der Waals surface area contributed by atoms with Crippen LogP contribution in [0.2, 0.25) is 0 Å². The molecule has 1 aromatic rings. The van der Waals surface area contributed by atoms with Crippen LogP contribution in [0.15, 0.2) is 18.5 Å². The predicted molar refractivity (Wildman–Crippen MR) is 67.2 cm³/mol. The van der Waals surface area contributed by atoms with Gasteiger partial charge in [-0.3, -0.25) is 9.78 Å². The molecule has 1 aromatic heterocycles. The van der Waals surface area contributed by atoms with E-state index in [-0.39, 0.29) is 30.7 Å². The van der Waals surface area contributed by atoms with Crippen LogP contribution in [-0.4, -0.2) is 59.3 Å². The molecule has 0 fully saturated rings. The summed E-state index contributed by atoms with van der Waals surface area (Å²) in [6.07, 6.45) is 2.97. The number of aromatic hydroxyl groups is 1. The van der Waals surface area contributed by atoms with Crippen LogP contribution >= 0.6 is 0 Å². The molecule has 0 aliphatic heterocycles. The van der Waals surface area contributed by atoms with Crippen LogP contribution in [-0.2, 0) is 11.2 Å². The van der Waals surface area contributed by atoms with E-state index in [1.165, 1.54) is 18.5 Å². The lowest BCUT2D eigenvalue weighted by atomic mass is 10.2. The molecule has 0 aliphatic rings. The minimum Gasteiger partial charge on any atom is -0.506 e. The van der Waals surface area contributed by atoms with Gasteiger partial charge < -0.3 is 20.4 Å². The SMILES string of the molecule is CN(C)CC(CO)NC(=O)Cc1cncc(O)c1. The molecule has 0 aliphatic carbocycles. The first-order chi connectivity index (χ1) is 8.51. The first-order valence-corrected chi connectivity index (χ1v) is 5.69. The highest BCUT2D eigenvalue weighted by Gasteiger charge is 2.12. The largest absolute Gasteiger partial charge is 0.506 e. The molecule has 0 saturated carbocycles. The minimum absolute atomic E-state index is 0.0345. The fraction of sp³-hybridized carbons (Fsp3) is 0.500. The smallest absolute Gasteiger partial charge is 0.224 e. The number of nitrogens with one attached hydrogen (secondary N) is 1. The van der Waals surface area contributed by atoms with Crippen LogP contribution in [0.1, 0.15) is 5.56 Å². The molecule has 1 atom stereocenters. The zero-order valence-electron chi connectivity index (χ0n) is 10.6. The Morgan fingerprint density at radius 2 is 2.22 bits per heavy atom. The van der Waals surface area contributed by atoms with E-state index < -0.39 is 0 Å². The summed E-state index contributed by atoms with van der Waals surface area (Å²) in [5.41, 5.74) is 0.633. The lowest BCUT2D eigenvalue weighted by Crippen LogP contribution is -2.44. The lowest BCUT2D eigenvalue weighted by molar-refractivity contribution is -0.121. The van der Waals surface area contributed by atoms with Crippen molar-refractivity contribution >= 4 is 5.91 Å². The normalized spacial score (nSPS) is 12.4. The molecule has 0 saturated heterocycles. The van der Waals surface area contributed by atoms with Gasteiger partial charge in [-0.05, 0) is 25.7 Å². The molecule has 0 bridgehead atoms. The van der Waals surface area contributed by atoms with Crippen LogP contribution in [0.4, 0.5) is 0 Å². The third-order valence-corrected chi connectivity index (χ3v) is 2.32. The van der Waals surface area contributed by atoms with Gasteiger partial charge >= 0.3 is 0 Å². The van der Waals surface area contributed by atoms with Gasteiger partial charge in [0.05, 0.1) is 25.3 Å². The highest BCUT2D eigenvalue weighted by molar-refractivity contribution is 5.78. The fourth-order valence-electron chi connectivity index (χ4n) is 1.62. The molecule has 1 rings (SSSR count). The Morgan fingerprint density at radius 3 is 2.78 bits per heavy atom. The third kappa shape index (κ3) is 5.11. The van der Waals surface area contributed by atoms with Gasteiger partial charge in [-0.25, -0.2) is 0 Å². The van der Waals surface area contributed by atoms with Gasteiger partial charge in [-0.15, -0.1) is 0 Å². The second kappa shape index (κ2) is 6.93. The number of carbonyl (C=O) groups is 1. The number of aromatic nitrogens is 1. The van der Waals surface area contributed by atoms with Crippen LogP contribution in [0.3, 0.4) is 0 Å². The Hall–Kier alpha value is -1.66. The highest BCUT2D eigenvalue weighted by atomic mass is 16.3. The highest BCUT2D eigenvalue weighted by Crippen LogP contribution is 2.08. The number of aliphatic hydroxyl groups excluding tert-OH is 1. The Labute approximate surface area is 106 Å². The molecule has 0 aromatic carbocycles. The van der Waals surface area contributed by atoms with Crippen molar-refractivity contribution in [2.24, 2.45) is 0 Å². The van der Waals surface area contributed by atoms with Crippen molar-refractivity contribution in [2.45, 2.75) is 12.5 Å². The van der Waals surface area contributed by atoms with Gasteiger partial charge in [0.2, 0.25) is 5.91 Å². The molecule has 0 spiro atoms. The van der Waals surface area contributed by atoms with E-state index in [9.17, 15) is 9.90 Å². The molecular weight excluding hydrogens is 234 g/mol. The van der Waals surface area contributed by atoms with Crippen LogP contribution in [0, 0.1) is 0 Å². The van der Waals surface area contributed by atoms with E-state index in [2.05, 4.69) is 10.3 Å². The number of nitrogens with zero attached hydrogens (tertiary/aromatic N) is 2. The standard InChI is InChI=1S/C12H19N3O3/c1-15(2)7-10(8-16)14-12(18)4-9-3-11(17)6-13-5-9/h3,5-6,10,16-17H,4,7-8H2,1-2H3,(H,14,18). The van der Waals surface area contributed by atoms with Crippen molar-refractivity contribution in [1.29, 1.82) is 0 Å². The van der Waals surface area contributed by atoms with E-state index in [4.69, 9.17) is 5.11 Å². The van der Waals surface area contributed by atoms with Crippen LogP contribution < -0.4 is 5.32 Å². The lowest BCUT2D eigenvalue weighted by Gasteiger charge is -2.20. The topological polar surface area (TPSA) is 85.7 Å². The summed E-state index contributed by atoms with van der Waals surface area (Å²) in [4.78, 5) is 17.4. The van der Waals surface area contributed by atoms with E-state index >= 15 is 0 Å². The maximum atomic E-state index is 11.7. The molecular formula is C12H19N3O3. The maximum Gasteiger partial charge on any atom is 0.224 e. The first-order valence-electron chi connectivity index (χ1n) is 5.69. The number of likely N-dealkylation sites (N-methyl/N-ethyl adjacent to an activating group) is 1. The van der Waals surface area contributed by atoms with Crippen molar-refractivity contribution in [2.75, 3.05) is 27.2 Å². The van der Waals surface area contributed by atoms with Gasteiger partial charge in [-0.1, -0.05) is 0 Å². The molecule has 1 unspecified atom stereocenters. The fourth-order valence-corrected chi connectivity index (χ4v) is 1.62. The van der Waals surface area contributed by atoms with Gasteiger partial charge in [0.15, 0.2) is 0 Å². The summed E-state index contributed by atoms with van der Waals surface area (Å²) in [6, 6.07) is 1.20. The average Bonchev–Trinajstić information content (AvgIpc) is 2.27. The molecule has 3 N–H and O–H groups in total. The van der Waals surface area contributed by atoms with Crippen molar-refractivity contribution in [1.82, 2.24) is 15.2 Å². The van der Waals surface area contributed by atoms with Crippen LogP contribution in [0.5, 0.6) is 5.75 Å². The molecule has 6 nitrogen and oxygen atoms in total. The summed E-state index contributed by atoms with van der Waals surface area (Å²) >= 11 is 0. The Kier molecular flexibility index (Phi) is 5.54. The van der Waals surface area contributed by atoms with Crippen molar-refractivity contribution < 1.29 is 15.0 Å². The second-order valence-electron chi connectivity index (χ2n) is 4.44.